The van der Waals surface area contributed by atoms with Crippen LogP contribution in [0.25, 0.3) is 0 Å². The summed E-state index contributed by atoms with van der Waals surface area (Å²) >= 11 is 4.86. The topological polar surface area (TPSA) is 105 Å². The molecule has 3 N–H and O–H groups in total. The Morgan fingerprint density at radius 1 is 1.15 bits per heavy atom. The van der Waals surface area contributed by atoms with E-state index < -0.39 is 28.5 Å². The number of thiol groups is 1. The van der Waals surface area contributed by atoms with Gasteiger partial charge in [-0.15, -0.1) is 0 Å². The second-order valence-electron chi connectivity index (χ2n) is 11.6. The molecule has 1 heterocycles. The molecule has 1 saturated heterocycles. The molecule has 0 radical (unpaired) electrons. The molecule has 2 bridgehead atoms. The summed E-state index contributed by atoms with van der Waals surface area (Å²) in [7, 11) is 0. The van der Waals surface area contributed by atoms with Gasteiger partial charge >= 0.3 is 6.09 Å². The fraction of sp³-hybridized carbons (Fsp3) is 0.880. The van der Waals surface area contributed by atoms with Crippen LogP contribution in [0, 0.1) is 34.5 Å². The van der Waals surface area contributed by atoms with Crippen LogP contribution in [0.2, 0.25) is 0 Å². The van der Waals surface area contributed by atoms with Crippen molar-refractivity contribution < 1.29 is 24.2 Å². The number of nitrogens with one attached hydrogen (secondary N) is 2. The number of imide groups is 1. The molecule has 3 aliphatic carbocycles. The average molecular weight is 481 g/mol. The Morgan fingerprint density at radius 3 is 2.48 bits per heavy atom. The number of amides is 2. The number of ketones is 1. The highest BCUT2D eigenvalue weighted by molar-refractivity contribution is 7.81. The molecule has 7 nitrogen and oxygen atoms in total. The lowest BCUT2D eigenvalue weighted by Crippen LogP contribution is -2.64. The second-order valence-corrected chi connectivity index (χ2v) is 12.7. The Balaban J connectivity index is 1.65. The highest BCUT2D eigenvalue weighted by Crippen LogP contribution is 2.67. The van der Waals surface area contributed by atoms with Gasteiger partial charge in [-0.25, -0.2) is 4.79 Å². The van der Waals surface area contributed by atoms with Gasteiger partial charge in [-0.05, 0) is 69.4 Å². The van der Waals surface area contributed by atoms with E-state index in [1.165, 1.54) is 0 Å². The Hall–Kier alpha value is -1.12. The van der Waals surface area contributed by atoms with Crippen LogP contribution in [0.1, 0.15) is 72.6 Å². The van der Waals surface area contributed by atoms with Crippen molar-refractivity contribution in [2.45, 2.75) is 89.6 Å². The van der Waals surface area contributed by atoms with E-state index in [1.807, 2.05) is 6.92 Å². The molecular formula is C25H40N2O5S. The first-order chi connectivity index (χ1) is 15.4. The number of hydrogen-bond acceptors (Lipinski definition) is 7. The second kappa shape index (κ2) is 8.83. The number of ether oxygens (including phenoxy) is 1. The van der Waals surface area contributed by atoms with Crippen LogP contribution in [-0.2, 0) is 14.3 Å². The van der Waals surface area contributed by atoms with Gasteiger partial charge in [0.25, 0.3) is 0 Å². The molecule has 8 heteroatoms. The van der Waals surface area contributed by atoms with Gasteiger partial charge in [-0.3, -0.25) is 14.9 Å². The van der Waals surface area contributed by atoms with E-state index in [4.69, 9.17) is 17.4 Å². The Kier molecular flexibility index (Phi) is 6.69. The molecule has 8 atom stereocenters. The molecule has 1 aliphatic heterocycles. The van der Waals surface area contributed by atoms with Gasteiger partial charge < -0.3 is 15.2 Å². The SMILES string of the molecule is C[C@@H]1CCC23CCC(=O)C2[C@]1(C)[C@H](OC(=O)NC(=O)C1CCNCC1)C[C@@](C)(S)[C@@H](O)[C@@H]3C. The zero-order valence-corrected chi connectivity index (χ0v) is 21.2. The number of Topliss-reactive ketones (excluding diaryl/α,β-unsaturated/α-hetero) is 1. The molecule has 3 saturated carbocycles. The summed E-state index contributed by atoms with van der Waals surface area (Å²) in [6, 6.07) is 0. The molecule has 4 fully saturated rings. The number of piperidine rings is 1. The lowest BCUT2D eigenvalue weighted by atomic mass is 9.45. The van der Waals surface area contributed by atoms with Crippen molar-refractivity contribution in [1.29, 1.82) is 0 Å². The van der Waals surface area contributed by atoms with E-state index in [2.05, 4.69) is 31.4 Å². The van der Waals surface area contributed by atoms with Crippen LogP contribution in [0.5, 0.6) is 0 Å². The van der Waals surface area contributed by atoms with Crippen molar-refractivity contribution in [3.8, 4) is 0 Å². The first-order valence-corrected chi connectivity index (χ1v) is 13.0. The molecule has 0 aromatic rings. The molecule has 4 aliphatic rings. The maximum absolute atomic E-state index is 13.3. The fourth-order valence-electron chi connectivity index (χ4n) is 7.69. The summed E-state index contributed by atoms with van der Waals surface area (Å²) in [5.41, 5.74) is -0.898. The Morgan fingerprint density at radius 2 is 1.82 bits per heavy atom. The maximum Gasteiger partial charge on any atom is 0.414 e. The van der Waals surface area contributed by atoms with Crippen LogP contribution in [0.15, 0.2) is 0 Å². The Bertz CT molecular complexity index is 813. The summed E-state index contributed by atoms with van der Waals surface area (Å²) in [4.78, 5) is 38.9. The first-order valence-electron chi connectivity index (χ1n) is 12.6. The first kappa shape index (κ1) is 25.0. The van der Waals surface area contributed by atoms with Crippen LogP contribution in [-0.4, -0.2) is 52.9 Å². The summed E-state index contributed by atoms with van der Waals surface area (Å²) in [5.74, 6) is -0.502. The van der Waals surface area contributed by atoms with Crippen molar-refractivity contribution in [2.75, 3.05) is 13.1 Å². The lowest BCUT2D eigenvalue weighted by molar-refractivity contribution is -0.179. The molecule has 2 amide bonds. The monoisotopic (exact) mass is 480 g/mol. The van der Waals surface area contributed by atoms with Crippen LogP contribution < -0.4 is 10.6 Å². The van der Waals surface area contributed by atoms with Gasteiger partial charge in [0, 0.05) is 34.8 Å². The van der Waals surface area contributed by atoms with Crippen LogP contribution >= 0.6 is 12.6 Å². The highest BCUT2D eigenvalue weighted by Gasteiger charge is 2.68. The van der Waals surface area contributed by atoms with Gasteiger partial charge in [-0.1, -0.05) is 20.8 Å². The van der Waals surface area contributed by atoms with E-state index in [-0.39, 0.29) is 40.8 Å². The van der Waals surface area contributed by atoms with Gasteiger partial charge in [0.1, 0.15) is 11.9 Å². The number of aliphatic hydroxyl groups is 1. The van der Waals surface area contributed by atoms with Crippen molar-refractivity contribution in [1.82, 2.24) is 10.6 Å². The van der Waals surface area contributed by atoms with E-state index >= 15 is 0 Å². The molecule has 33 heavy (non-hydrogen) atoms. The number of hydrogen-bond donors (Lipinski definition) is 4. The molecule has 186 valence electrons. The van der Waals surface area contributed by atoms with Crippen molar-refractivity contribution in [2.24, 2.45) is 34.5 Å². The smallest absolute Gasteiger partial charge is 0.414 e. The maximum atomic E-state index is 13.3. The number of rotatable bonds is 2. The lowest BCUT2D eigenvalue weighted by Gasteiger charge is -2.61. The zero-order chi connectivity index (χ0) is 24.2. The van der Waals surface area contributed by atoms with E-state index in [0.29, 0.717) is 25.7 Å². The number of aliphatic hydroxyl groups excluding tert-OH is 1. The van der Waals surface area contributed by atoms with E-state index in [1.54, 1.807) is 0 Å². The summed E-state index contributed by atoms with van der Waals surface area (Å²) in [6.07, 6.45) is 2.62. The summed E-state index contributed by atoms with van der Waals surface area (Å²) < 4.78 is 5.22. The third-order valence-corrected chi connectivity index (χ3v) is 10.4. The number of carbonyl (C=O) groups excluding carboxylic acids is 3. The van der Waals surface area contributed by atoms with E-state index in [9.17, 15) is 19.5 Å². The molecule has 0 aromatic heterocycles. The molecule has 0 aromatic carbocycles. The molecule has 4 rings (SSSR count). The number of carbonyl (C=O) groups is 3. The van der Waals surface area contributed by atoms with Crippen molar-refractivity contribution in [3.05, 3.63) is 0 Å². The average Bonchev–Trinajstić information content (AvgIpc) is 3.13. The van der Waals surface area contributed by atoms with Gasteiger partial charge in [0.2, 0.25) is 5.91 Å². The standard InChI is InChI=1S/C25H40N2O5S/c1-14-5-9-25-10-6-17(28)19(25)24(14,4)18(13-23(3,33)20(29)15(25)2)32-22(31)27-21(30)16-7-11-26-12-8-16/h14-16,18-20,26,29,33H,5-13H2,1-4H3,(H,27,30,31)/t14-,15+,18-,19?,20+,23-,24+,25?/m1/s1. The zero-order valence-electron chi connectivity index (χ0n) is 20.4. The molecule has 0 spiro atoms. The quantitative estimate of drug-likeness (QED) is 0.453. The summed E-state index contributed by atoms with van der Waals surface area (Å²) in [6.45, 7) is 9.69. The van der Waals surface area contributed by atoms with Gasteiger partial charge in [0.05, 0.1) is 6.10 Å². The minimum atomic E-state index is -0.800. The minimum absolute atomic E-state index is 0.0838. The third kappa shape index (κ3) is 4.04. The summed E-state index contributed by atoms with van der Waals surface area (Å²) in [5, 5.41) is 17.0. The molecular weight excluding hydrogens is 440 g/mol. The normalized spacial score (nSPS) is 46.1. The van der Waals surface area contributed by atoms with Crippen molar-refractivity contribution >= 4 is 30.4 Å². The number of alkyl carbamates (subject to hydrolysis) is 1. The predicted octanol–water partition coefficient (Wildman–Crippen LogP) is 3.10. The predicted molar refractivity (Wildman–Crippen MR) is 128 cm³/mol. The highest BCUT2D eigenvalue weighted by atomic mass is 32.1. The van der Waals surface area contributed by atoms with Gasteiger partial charge in [0.15, 0.2) is 0 Å². The third-order valence-electron chi connectivity index (χ3n) is 9.95. The fourth-order valence-corrected chi connectivity index (χ4v) is 8.08. The Labute approximate surface area is 202 Å². The molecule has 2 unspecified atom stereocenters. The largest absolute Gasteiger partial charge is 0.445 e. The van der Waals surface area contributed by atoms with Gasteiger partial charge in [-0.2, -0.15) is 12.6 Å². The van der Waals surface area contributed by atoms with E-state index in [0.717, 1.165) is 32.4 Å². The van der Waals surface area contributed by atoms with Crippen molar-refractivity contribution in [3.63, 3.8) is 0 Å². The minimum Gasteiger partial charge on any atom is -0.445 e. The van der Waals surface area contributed by atoms with Crippen LogP contribution in [0.3, 0.4) is 0 Å². The van der Waals surface area contributed by atoms with Crippen LogP contribution in [0.4, 0.5) is 4.79 Å².